The topological polar surface area (TPSA) is 84.9 Å². The van der Waals surface area contributed by atoms with Gasteiger partial charge in [-0.2, -0.15) is 0 Å². The highest BCUT2D eigenvalue weighted by Gasteiger charge is 2.22. The van der Waals surface area contributed by atoms with Crippen LogP contribution in [0.25, 0.3) is 0 Å². The van der Waals surface area contributed by atoms with Crippen LogP contribution in [0.4, 0.5) is 5.69 Å². The maximum atomic E-state index is 12.2. The zero-order chi connectivity index (χ0) is 17.7. The molecule has 126 valence electrons. The van der Waals surface area contributed by atoms with Gasteiger partial charge in [0.1, 0.15) is 17.1 Å². The molecular weight excluding hydrogens is 310 g/mol. The highest BCUT2D eigenvalue weighted by molar-refractivity contribution is 5.99. The van der Waals surface area contributed by atoms with Gasteiger partial charge in [0.25, 0.3) is 5.91 Å². The molecule has 0 heterocycles. The number of benzene rings is 2. The van der Waals surface area contributed by atoms with Crippen LogP contribution >= 0.6 is 0 Å². The quantitative estimate of drug-likeness (QED) is 0.824. The van der Waals surface area contributed by atoms with Crippen LogP contribution in [-0.4, -0.2) is 30.2 Å². The normalized spacial score (nSPS) is 11.5. The molecule has 0 saturated carbocycles. The molecule has 0 fully saturated rings. The lowest BCUT2D eigenvalue weighted by Gasteiger charge is -2.15. The number of carbonyl (C=O) groups is 2. The van der Waals surface area contributed by atoms with Gasteiger partial charge >= 0.3 is 5.97 Å². The third-order valence-electron chi connectivity index (χ3n) is 3.48. The van der Waals surface area contributed by atoms with Gasteiger partial charge in [0.2, 0.25) is 0 Å². The number of hydrogen-bond acceptors (Lipinski definition) is 5. The number of esters is 1. The van der Waals surface area contributed by atoms with E-state index >= 15 is 0 Å². The summed E-state index contributed by atoms with van der Waals surface area (Å²) < 4.78 is 10.3. The van der Waals surface area contributed by atoms with Gasteiger partial charge < -0.3 is 19.9 Å². The Morgan fingerprint density at radius 1 is 1.12 bits per heavy atom. The molecule has 2 rings (SSSR count). The Morgan fingerprint density at radius 3 is 2.54 bits per heavy atom. The molecule has 2 N–H and O–H groups in total. The summed E-state index contributed by atoms with van der Waals surface area (Å²) in [5.41, 5.74) is 1.05. The summed E-state index contributed by atoms with van der Waals surface area (Å²) in [7, 11) is 1.49. The monoisotopic (exact) mass is 329 g/mol. The number of rotatable bonds is 5. The number of nitrogens with one attached hydrogen (secondary N) is 1. The lowest BCUT2D eigenvalue weighted by atomic mass is 10.1. The van der Waals surface area contributed by atoms with Crippen LogP contribution in [0.1, 0.15) is 22.8 Å². The van der Waals surface area contributed by atoms with Crippen molar-refractivity contribution in [2.75, 3.05) is 12.4 Å². The second-order valence-corrected chi connectivity index (χ2v) is 5.21. The molecule has 1 atom stereocenters. The van der Waals surface area contributed by atoms with E-state index in [0.29, 0.717) is 17.0 Å². The third kappa shape index (κ3) is 3.84. The molecule has 6 nitrogen and oxygen atoms in total. The number of aromatic hydroxyl groups is 1. The molecule has 0 bridgehead atoms. The third-order valence-corrected chi connectivity index (χ3v) is 3.48. The number of hydrogen-bond donors (Lipinski definition) is 2. The Bertz CT molecular complexity index is 757. The first kappa shape index (κ1) is 17.3. The molecule has 24 heavy (non-hydrogen) atoms. The predicted octanol–water partition coefficient (Wildman–Crippen LogP) is 2.89. The Labute approximate surface area is 140 Å². The molecule has 2 aromatic carbocycles. The lowest BCUT2D eigenvalue weighted by Crippen LogP contribution is -2.30. The molecule has 0 unspecified atom stereocenters. The fourth-order valence-electron chi connectivity index (χ4n) is 2.08. The van der Waals surface area contributed by atoms with Crippen molar-refractivity contribution in [2.24, 2.45) is 0 Å². The van der Waals surface area contributed by atoms with Crippen molar-refractivity contribution >= 4 is 17.6 Å². The second kappa shape index (κ2) is 7.50. The number of ether oxygens (including phenoxy) is 2. The van der Waals surface area contributed by atoms with Crippen molar-refractivity contribution in [2.45, 2.75) is 20.0 Å². The van der Waals surface area contributed by atoms with Crippen LogP contribution in [0.3, 0.4) is 0 Å². The number of phenols is 1. The molecule has 0 aliphatic rings. The Kier molecular flexibility index (Phi) is 5.42. The first-order valence-electron chi connectivity index (χ1n) is 7.37. The standard InChI is InChI=1S/C18H19NO5/c1-11-7-6-8-13(16(11)20)18(22)24-12(2)17(21)19-14-9-4-5-10-15(14)23-3/h4-10,12,20H,1-3H3,(H,19,21)/t12-/m0/s1. The van der Waals surface area contributed by atoms with E-state index in [1.165, 1.54) is 20.1 Å². The number of carbonyl (C=O) groups excluding carboxylic acids is 2. The van der Waals surface area contributed by atoms with Crippen molar-refractivity contribution in [1.82, 2.24) is 0 Å². The number of aryl methyl sites for hydroxylation is 1. The molecule has 0 radical (unpaired) electrons. The van der Waals surface area contributed by atoms with Crippen LogP contribution in [0, 0.1) is 6.92 Å². The van der Waals surface area contributed by atoms with Gasteiger partial charge in [0.15, 0.2) is 6.10 Å². The zero-order valence-electron chi connectivity index (χ0n) is 13.7. The van der Waals surface area contributed by atoms with Gasteiger partial charge in [-0.15, -0.1) is 0 Å². The number of phenolic OH excluding ortho intramolecular Hbond substituents is 1. The maximum Gasteiger partial charge on any atom is 0.342 e. The van der Waals surface area contributed by atoms with Crippen LogP contribution in [0.5, 0.6) is 11.5 Å². The molecule has 1 amide bonds. The van der Waals surface area contributed by atoms with Gasteiger partial charge in [0, 0.05) is 0 Å². The van der Waals surface area contributed by atoms with E-state index < -0.39 is 18.0 Å². The lowest BCUT2D eigenvalue weighted by molar-refractivity contribution is -0.123. The summed E-state index contributed by atoms with van der Waals surface area (Å²) in [6.45, 7) is 3.12. The molecule has 2 aromatic rings. The fraction of sp³-hybridized carbons (Fsp3) is 0.222. The summed E-state index contributed by atoms with van der Waals surface area (Å²) in [5.74, 6) is -0.917. The number of anilines is 1. The van der Waals surface area contributed by atoms with Gasteiger partial charge in [0.05, 0.1) is 12.8 Å². The van der Waals surface area contributed by atoms with E-state index in [0.717, 1.165) is 0 Å². The van der Waals surface area contributed by atoms with Crippen molar-refractivity contribution in [1.29, 1.82) is 0 Å². The number of methoxy groups -OCH3 is 1. The van der Waals surface area contributed by atoms with Gasteiger partial charge in [-0.1, -0.05) is 24.3 Å². The smallest absolute Gasteiger partial charge is 0.342 e. The van der Waals surface area contributed by atoms with E-state index in [1.54, 1.807) is 43.3 Å². The zero-order valence-corrected chi connectivity index (χ0v) is 13.7. The molecule has 0 aliphatic heterocycles. The Hall–Kier alpha value is -3.02. The number of para-hydroxylation sites is 3. The van der Waals surface area contributed by atoms with Crippen LogP contribution in [0.15, 0.2) is 42.5 Å². The van der Waals surface area contributed by atoms with E-state index in [2.05, 4.69) is 5.32 Å². The molecule has 0 aliphatic carbocycles. The van der Waals surface area contributed by atoms with Crippen LogP contribution < -0.4 is 10.1 Å². The van der Waals surface area contributed by atoms with Gasteiger partial charge in [-0.05, 0) is 37.6 Å². The average Bonchev–Trinajstić information content (AvgIpc) is 2.57. The SMILES string of the molecule is COc1ccccc1NC(=O)[C@H](C)OC(=O)c1cccc(C)c1O. The van der Waals surface area contributed by atoms with Crippen molar-refractivity contribution < 1.29 is 24.2 Å². The van der Waals surface area contributed by atoms with E-state index in [1.807, 2.05) is 0 Å². The van der Waals surface area contributed by atoms with E-state index in [9.17, 15) is 14.7 Å². The van der Waals surface area contributed by atoms with Crippen LogP contribution in [-0.2, 0) is 9.53 Å². The maximum absolute atomic E-state index is 12.2. The van der Waals surface area contributed by atoms with E-state index in [4.69, 9.17) is 9.47 Å². The van der Waals surface area contributed by atoms with Crippen LogP contribution in [0.2, 0.25) is 0 Å². The minimum Gasteiger partial charge on any atom is -0.507 e. The van der Waals surface area contributed by atoms with Gasteiger partial charge in [-0.3, -0.25) is 4.79 Å². The minimum absolute atomic E-state index is 0.0203. The second-order valence-electron chi connectivity index (χ2n) is 5.21. The predicted molar refractivity (Wildman–Crippen MR) is 89.3 cm³/mol. The highest BCUT2D eigenvalue weighted by atomic mass is 16.5. The largest absolute Gasteiger partial charge is 0.507 e. The van der Waals surface area contributed by atoms with E-state index in [-0.39, 0.29) is 11.3 Å². The molecule has 6 heteroatoms. The first-order chi connectivity index (χ1) is 11.4. The van der Waals surface area contributed by atoms with Crippen molar-refractivity contribution in [3.8, 4) is 11.5 Å². The molecule has 0 saturated heterocycles. The minimum atomic E-state index is -1.04. The molecule has 0 aromatic heterocycles. The van der Waals surface area contributed by atoms with Gasteiger partial charge in [-0.25, -0.2) is 4.79 Å². The van der Waals surface area contributed by atoms with Crippen molar-refractivity contribution in [3.05, 3.63) is 53.6 Å². The summed E-state index contributed by atoms with van der Waals surface area (Å²) >= 11 is 0. The average molecular weight is 329 g/mol. The Balaban J connectivity index is 2.06. The number of amides is 1. The summed E-state index contributed by atoms with van der Waals surface area (Å²) in [4.78, 5) is 24.3. The Morgan fingerprint density at radius 2 is 1.83 bits per heavy atom. The molecule has 0 spiro atoms. The summed E-state index contributed by atoms with van der Waals surface area (Å²) in [5, 5.41) is 12.5. The summed E-state index contributed by atoms with van der Waals surface area (Å²) in [6, 6.07) is 11.7. The van der Waals surface area contributed by atoms with Crippen molar-refractivity contribution in [3.63, 3.8) is 0 Å². The first-order valence-corrected chi connectivity index (χ1v) is 7.37. The molecular formula is C18H19NO5. The summed E-state index contributed by atoms with van der Waals surface area (Å²) in [6.07, 6.45) is -1.04. The highest BCUT2D eigenvalue weighted by Crippen LogP contribution is 2.24. The fourth-order valence-corrected chi connectivity index (χ4v) is 2.08.